The average Bonchev–Trinajstić information content (AvgIpc) is 2.93. The van der Waals surface area contributed by atoms with Gasteiger partial charge < -0.3 is 15.2 Å². The molecule has 0 radical (unpaired) electrons. The Morgan fingerprint density at radius 3 is 2.67 bits per heavy atom. The quantitative estimate of drug-likeness (QED) is 0.870. The average molecular weight is 321 g/mol. The predicted molar refractivity (Wildman–Crippen MR) is 97.3 cm³/mol. The van der Waals surface area contributed by atoms with Crippen LogP contribution in [0.4, 0.5) is 5.69 Å². The van der Waals surface area contributed by atoms with E-state index in [0.29, 0.717) is 6.42 Å². The minimum Gasteiger partial charge on any atom is -0.463 e. The van der Waals surface area contributed by atoms with Gasteiger partial charge in [0, 0.05) is 29.9 Å². The lowest BCUT2D eigenvalue weighted by atomic mass is 9.84. The highest BCUT2D eigenvalue weighted by Crippen LogP contribution is 2.48. The van der Waals surface area contributed by atoms with Gasteiger partial charge in [0.25, 0.3) is 0 Å². The van der Waals surface area contributed by atoms with Crippen molar-refractivity contribution in [1.82, 2.24) is 0 Å². The van der Waals surface area contributed by atoms with Gasteiger partial charge in [-0.3, -0.25) is 0 Å². The van der Waals surface area contributed by atoms with Crippen LogP contribution < -0.4 is 10.1 Å². The van der Waals surface area contributed by atoms with Crippen molar-refractivity contribution in [3.63, 3.8) is 0 Å². The summed E-state index contributed by atoms with van der Waals surface area (Å²) in [6, 6.07) is 12.5. The summed E-state index contributed by atoms with van der Waals surface area (Å²) in [5.41, 5.74) is 7.88. The van der Waals surface area contributed by atoms with Crippen molar-refractivity contribution in [2.75, 3.05) is 11.9 Å². The lowest BCUT2D eigenvalue weighted by Crippen LogP contribution is -2.47. The first kappa shape index (κ1) is 15.3. The van der Waals surface area contributed by atoms with Crippen molar-refractivity contribution < 1.29 is 9.84 Å². The van der Waals surface area contributed by atoms with Gasteiger partial charge in [-0.25, -0.2) is 0 Å². The molecule has 2 aromatic carbocycles. The van der Waals surface area contributed by atoms with Crippen LogP contribution in [0.2, 0.25) is 0 Å². The van der Waals surface area contributed by atoms with E-state index < -0.39 is 5.72 Å². The van der Waals surface area contributed by atoms with E-state index in [9.17, 15) is 5.11 Å². The molecule has 0 aromatic heterocycles. The molecule has 0 saturated carbocycles. The van der Waals surface area contributed by atoms with Crippen LogP contribution >= 0.6 is 0 Å². The third kappa shape index (κ3) is 2.08. The number of fused-ring (bicyclic) bond motifs is 2. The molecule has 124 valence electrons. The summed E-state index contributed by atoms with van der Waals surface area (Å²) in [6.07, 6.45) is 1.39. The van der Waals surface area contributed by atoms with Crippen molar-refractivity contribution >= 4 is 11.3 Å². The second kappa shape index (κ2) is 5.38. The number of rotatable bonds is 2. The first-order valence-corrected chi connectivity index (χ1v) is 8.52. The summed E-state index contributed by atoms with van der Waals surface area (Å²) in [5.74, 6) is 0.928. The van der Waals surface area contributed by atoms with Crippen molar-refractivity contribution in [1.29, 1.82) is 0 Å². The molecule has 1 atom stereocenters. The van der Waals surface area contributed by atoms with E-state index >= 15 is 0 Å². The van der Waals surface area contributed by atoms with Crippen LogP contribution in [0, 0.1) is 13.8 Å². The summed E-state index contributed by atoms with van der Waals surface area (Å²) in [7, 11) is 0. The van der Waals surface area contributed by atoms with Gasteiger partial charge in [0.15, 0.2) is 0 Å². The van der Waals surface area contributed by atoms with E-state index in [4.69, 9.17) is 4.74 Å². The second-order valence-electron chi connectivity index (χ2n) is 6.85. The summed E-state index contributed by atoms with van der Waals surface area (Å²) < 4.78 is 6.55. The molecular formula is C21H23NO2. The minimum atomic E-state index is -0.578. The Kier molecular flexibility index (Phi) is 3.43. The van der Waals surface area contributed by atoms with E-state index in [1.807, 2.05) is 6.07 Å². The third-order valence-corrected chi connectivity index (χ3v) is 5.45. The van der Waals surface area contributed by atoms with Crippen LogP contribution in [0.1, 0.15) is 35.6 Å². The third-order valence-electron chi connectivity index (χ3n) is 5.45. The summed E-state index contributed by atoms with van der Waals surface area (Å²) >= 11 is 0. The number of allylic oxidation sites excluding steroid dienone is 1. The number of hydrogen-bond donors (Lipinski definition) is 2. The molecule has 2 aliphatic rings. The SMILES string of the molecule is CC1=C(CCO)C2(Cc3ccccc3N2)Oc2ccc(C)c(C)c21. The van der Waals surface area contributed by atoms with Gasteiger partial charge >= 0.3 is 0 Å². The van der Waals surface area contributed by atoms with Gasteiger partial charge in [0.1, 0.15) is 5.75 Å². The van der Waals surface area contributed by atoms with Crippen LogP contribution in [0.3, 0.4) is 0 Å². The number of nitrogens with one attached hydrogen (secondary N) is 1. The molecule has 2 heterocycles. The molecular weight excluding hydrogens is 298 g/mol. The van der Waals surface area contributed by atoms with Crippen molar-refractivity contribution in [3.8, 4) is 5.75 Å². The molecule has 3 heteroatoms. The monoisotopic (exact) mass is 321 g/mol. The predicted octanol–water partition coefficient (Wildman–Crippen LogP) is 4.22. The molecule has 0 bridgehead atoms. The lowest BCUT2D eigenvalue weighted by molar-refractivity contribution is 0.131. The number of para-hydroxylation sites is 1. The number of ether oxygens (including phenoxy) is 1. The molecule has 3 nitrogen and oxygen atoms in total. The Labute approximate surface area is 143 Å². The Bertz CT molecular complexity index is 826. The van der Waals surface area contributed by atoms with Crippen LogP contribution in [-0.4, -0.2) is 17.4 Å². The molecule has 2 N–H and O–H groups in total. The number of anilines is 1. The normalized spacial score (nSPS) is 21.3. The number of benzene rings is 2. The van der Waals surface area contributed by atoms with Crippen molar-refractivity contribution in [3.05, 3.63) is 64.2 Å². The summed E-state index contributed by atoms with van der Waals surface area (Å²) in [6.45, 7) is 6.55. The fraction of sp³-hybridized carbons (Fsp3) is 0.333. The molecule has 1 unspecified atom stereocenters. The number of hydrogen-bond acceptors (Lipinski definition) is 3. The lowest BCUT2D eigenvalue weighted by Gasteiger charge is -2.40. The molecule has 2 aromatic rings. The standard InChI is InChI=1S/C21H23NO2/c1-13-8-9-19-20(14(13)2)15(3)17(10-11-23)21(24-19)12-16-6-4-5-7-18(16)22-21/h4-9,22-23H,10-12H2,1-3H3. The molecule has 1 spiro atoms. The van der Waals surface area contributed by atoms with Crippen LogP contribution in [0.5, 0.6) is 5.75 Å². The first-order chi connectivity index (χ1) is 11.6. The zero-order valence-corrected chi connectivity index (χ0v) is 14.4. The highest BCUT2D eigenvalue weighted by Gasteiger charge is 2.46. The van der Waals surface area contributed by atoms with Crippen LogP contribution in [0.15, 0.2) is 42.0 Å². The Hall–Kier alpha value is -2.26. The highest BCUT2D eigenvalue weighted by molar-refractivity contribution is 5.80. The number of aliphatic hydroxyl groups is 1. The molecule has 24 heavy (non-hydrogen) atoms. The van der Waals surface area contributed by atoms with E-state index in [0.717, 1.165) is 23.4 Å². The van der Waals surface area contributed by atoms with Gasteiger partial charge in [-0.15, -0.1) is 0 Å². The topological polar surface area (TPSA) is 41.5 Å². The van der Waals surface area contributed by atoms with Crippen molar-refractivity contribution in [2.45, 2.75) is 39.3 Å². The smallest absolute Gasteiger partial charge is 0.207 e. The van der Waals surface area contributed by atoms with Gasteiger partial charge in [-0.2, -0.15) is 0 Å². The number of aliphatic hydroxyl groups excluding tert-OH is 1. The Morgan fingerprint density at radius 2 is 1.92 bits per heavy atom. The van der Waals surface area contributed by atoms with E-state index in [1.165, 1.54) is 27.8 Å². The van der Waals surface area contributed by atoms with Gasteiger partial charge in [0.05, 0.1) is 0 Å². The molecule has 4 rings (SSSR count). The molecule has 0 fully saturated rings. The molecule has 0 aliphatic carbocycles. The van der Waals surface area contributed by atoms with Gasteiger partial charge in [0.2, 0.25) is 5.72 Å². The zero-order valence-electron chi connectivity index (χ0n) is 14.4. The van der Waals surface area contributed by atoms with E-state index in [-0.39, 0.29) is 6.61 Å². The fourth-order valence-corrected chi connectivity index (χ4v) is 4.12. The minimum absolute atomic E-state index is 0.121. The van der Waals surface area contributed by atoms with Gasteiger partial charge in [-0.05, 0) is 61.6 Å². The van der Waals surface area contributed by atoms with E-state index in [2.05, 4.69) is 56.4 Å². The fourth-order valence-electron chi connectivity index (χ4n) is 4.12. The maximum Gasteiger partial charge on any atom is 0.207 e. The largest absolute Gasteiger partial charge is 0.463 e. The zero-order chi connectivity index (χ0) is 16.9. The molecule has 0 saturated heterocycles. The number of aryl methyl sites for hydroxylation is 1. The maximum atomic E-state index is 9.65. The summed E-state index contributed by atoms with van der Waals surface area (Å²) in [4.78, 5) is 0. The molecule has 0 amide bonds. The highest BCUT2D eigenvalue weighted by atomic mass is 16.5. The Balaban J connectivity index is 1.90. The van der Waals surface area contributed by atoms with Crippen LogP contribution in [-0.2, 0) is 6.42 Å². The summed E-state index contributed by atoms with van der Waals surface area (Å²) in [5, 5.41) is 13.3. The van der Waals surface area contributed by atoms with Crippen LogP contribution in [0.25, 0.3) is 5.57 Å². The Morgan fingerprint density at radius 1 is 1.12 bits per heavy atom. The molecule has 2 aliphatic heterocycles. The maximum absolute atomic E-state index is 9.65. The van der Waals surface area contributed by atoms with Crippen molar-refractivity contribution in [2.24, 2.45) is 0 Å². The van der Waals surface area contributed by atoms with Gasteiger partial charge in [-0.1, -0.05) is 24.3 Å². The second-order valence-corrected chi connectivity index (χ2v) is 6.85. The first-order valence-electron chi connectivity index (χ1n) is 8.52. The van der Waals surface area contributed by atoms with E-state index in [1.54, 1.807) is 0 Å².